The zero-order valence-electron chi connectivity index (χ0n) is 10.6. The van der Waals surface area contributed by atoms with Crippen LogP contribution >= 0.6 is 11.8 Å². The summed E-state index contributed by atoms with van der Waals surface area (Å²) in [6.45, 7) is 1.40. The number of carboxylic acids is 1. The van der Waals surface area contributed by atoms with Crippen LogP contribution in [0.15, 0.2) is 23.4 Å². The van der Waals surface area contributed by atoms with Crippen molar-refractivity contribution in [2.45, 2.75) is 18.7 Å². The van der Waals surface area contributed by atoms with Crippen molar-refractivity contribution in [1.82, 2.24) is 14.8 Å². The van der Waals surface area contributed by atoms with Crippen LogP contribution in [0.1, 0.15) is 11.4 Å². The average Bonchev–Trinajstić information content (AvgIpc) is 2.82. The highest BCUT2D eigenvalue weighted by Crippen LogP contribution is 2.24. The summed E-state index contributed by atoms with van der Waals surface area (Å²) >= 11 is 0.957. The molecule has 0 spiro atoms. The van der Waals surface area contributed by atoms with Gasteiger partial charge in [-0.15, -0.1) is 10.2 Å². The molecule has 2 rings (SSSR count). The lowest BCUT2D eigenvalue weighted by molar-refractivity contribution is -0.133. The van der Waals surface area contributed by atoms with E-state index in [-0.39, 0.29) is 18.2 Å². The Bertz CT molecular complexity index is 645. The van der Waals surface area contributed by atoms with Crippen molar-refractivity contribution in [2.75, 3.05) is 5.75 Å². The zero-order chi connectivity index (χ0) is 14.7. The molecule has 0 aliphatic heterocycles. The molecule has 1 heterocycles. The van der Waals surface area contributed by atoms with Gasteiger partial charge in [0, 0.05) is 0 Å². The Labute approximate surface area is 118 Å². The topological polar surface area (TPSA) is 88.2 Å². The van der Waals surface area contributed by atoms with Gasteiger partial charge in [0.05, 0.1) is 11.4 Å². The summed E-state index contributed by atoms with van der Waals surface area (Å²) in [6.07, 6.45) is 0. The standard InChI is InChI=1S/C12H12FN3O3S/c1-7-2-3-8(13)4-9(7)16-10(5-17)14-15-12(16)20-6-11(18)19/h2-4,17H,5-6H2,1H3,(H,18,19). The molecule has 0 bridgehead atoms. The van der Waals surface area contributed by atoms with E-state index in [1.54, 1.807) is 13.0 Å². The minimum absolute atomic E-state index is 0.197. The summed E-state index contributed by atoms with van der Waals surface area (Å²) in [4.78, 5) is 10.6. The number of aryl methyl sites for hydroxylation is 1. The van der Waals surface area contributed by atoms with Crippen LogP contribution in [0.3, 0.4) is 0 Å². The van der Waals surface area contributed by atoms with E-state index in [1.807, 2.05) is 0 Å². The minimum atomic E-state index is -0.994. The second-order valence-corrected chi connectivity index (χ2v) is 4.95. The fourth-order valence-electron chi connectivity index (χ4n) is 1.69. The fourth-order valence-corrected chi connectivity index (χ4v) is 2.37. The number of hydrogen-bond acceptors (Lipinski definition) is 5. The van der Waals surface area contributed by atoms with Crippen molar-refractivity contribution >= 4 is 17.7 Å². The molecule has 0 radical (unpaired) electrons. The first-order chi connectivity index (χ1) is 9.52. The Hall–Kier alpha value is -1.93. The van der Waals surface area contributed by atoms with E-state index in [4.69, 9.17) is 5.11 Å². The van der Waals surface area contributed by atoms with Crippen LogP contribution in [0.5, 0.6) is 0 Å². The van der Waals surface area contributed by atoms with E-state index in [0.717, 1.165) is 17.3 Å². The molecule has 20 heavy (non-hydrogen) atoms. The summed E-state index contributed by atoms with van der Waals surface area (Å²) < 4.78 is 14.9. The van der Waals surface area contributed by atoms with Gasteiger partial charge in [-0.1, -0.05) is 17.8 Å². The van der Waals surface area contributed by atoms with Gasteiger partial charge in [-0.25, -0.2) is 4.39 Å². The Morgan fingerprint density at radius 2 is 2.20 bits per heavy atom. The molecule has 0 amide bonds. The molecule has 0 fully saturated rings. The first kappa shape index (κ1) is 14.5. The van der Waals surface area contributed by atoms with Crippen LogP contribution in [-0.2, 0) is 11.4 Å². The second kappa shape index (κ2) is 6.02. The number of nitrogens with zero attached hydrogens (tertiary/aromatic N) is 3. The smallest absolute Gasteiger partial charge is 0.313 e. The number of rotatable bonds is 5. The monoisotopic (exact) mass is 297 g/mol. The van der Waals surface area contributed by atoms with Gasteiger partial charge < -0.3 is 10.2 Å². The Balaban J connectivity index is 2.50. The number of carboxylic acid groups (broad SMARTS) is 1. The third kappa shape index (κ3) is 2.97. The molecular weight excluding hydrogens is 285 g/mol. The normalized spacial score (nSPS) is 10.8. The highest BCUT2D eigenvalue weighted by molar-refractivity contribution is 7.99. The highest BCUT2D eigenvalue weighted by Gasteiger charge is 2.16. The third-order valence-corrected chi connectivity index (χ3v) is 3.49. The minimum Gasteiger partial charge on any atom is -0.481 e. The van der Waals surface area contributed by atoms with Crippen LogP contribution in [0.25, 0.3) is 5.69 Å². The van der Waals surface area contributed by atoms with Gasteiger partial charge in [0.1, 0.15) is 12.4 Å². The lowest BCUT2D eigenvalue weighted by Gasteiger charge is -2.11. The largest absolute Gasteiger partial charge is 0.481 e. The molecule has 0 saturated carbocycles. The van der Waals surface area contributed by atoms with E-state index >= 15 is 0 Å². The zero-order valence-corrected chi connectivity index (χ0v) is 11.4. The highest BCUT2D eigenvalue weighted by atomic mass is 32.2. The molecule has 1 aromatic carbocycles. The molecular formula is C12H12FN3O3S. The van der Waals surface area contributed by atoms with Crippen molar-refractivity contribution in [3.8, 4) is 5.69 Å². The van der Waals surface area contributed by atoms with Gasteiger partial charge in [0.25, 0.3) is 0 Å². The number of aliphatic hydroxyl groups is 1. The van der Waals surface area contributed by atoms with Crippen molar-refractivity contribution < 1.29 is 19.4 Å². The lowest BCUT2D eigenvalue weighted by Crippen LogP contribution is -2.06. The van der Waals surface area contributed by atoms with Crippen LogP contribution in [0, 0.1) is 12.7 Å². The Morgan fingerprint density at radius 3 is 2.85 bits per heavy atom. The number of aliphatic carboxylic acids is 1. The number of aromatic nitrogens is 3. The molecule has 2 N–H and O–H groups in total. The van der Waals surface area contributed by atoms with Crippen LogP contribution in [-0.4, -0.2) is 36.7 Å². The third-order valence-electron chi connectivity index (χ3n) is 2.58. The summed E-state index contributed by atoms with van der Waals surface area (Å²) in [5, 5.41) is 25.9. The van der Waals surface area contributed by atoms with Crippen LogP contribution < -0.4 is 0 Å². The van der Waals surface area contributed by atoms with Crippen molar-refractivity contribution in [3.05, 3.63) is 35.4 Å². The average molecular weight is 297 g/mol. The molecule has 0 aliphatic carbocycles. The van der Waals surface area contributed by atoms with Crippen molar-refractivity contribution in [3.63, 3.8) is 0 Å². The van der Waals surface area contributed by atoms with Gasteiger partial charge in [-0.3, -0.25) is 9.36 Å². The number of aliphatic hydroxyl groups excluding tert-OH is 1. The number of hydrogen-bond donors (Lipinski definition) is 2. The van der Waals surface area contributed by atoms with Gasteiger partial charge in [0.15, 0.2) is 11.0 Å². The van der Waals surface area contributed by atoms with Crippen molar-refractivity contribution in [2.24, 2.45) is 0 Å². The maximum absolute atomic E-state index is 13.4. The maximum atomic E-state index is 13.4. The molecule has 0 saturated heterocycles. The number of carbonyl (C=O) groups is 1. The summed E-state index contributed by atoms with van der Waals surface area (Å²) in [6, 6.07) is 4.21. The lowest BCUT2D eigenvalue weighted by atomic mass is 10.2. The number of benzene rings is 1. The Kier molecular flexibility index (Phi) is 4.35. The summed E-state index contributed by atoms with van der Waals surface area (Å²) in [5.74, 6) is -1.40. The fraction of sp³-hybridized carbons (Fsp3) is 0.250. The van der Waals surface area contributed by atoms with Crippen LogP contribution in [0.4, 0.5) is 4.39 Å². The van der Waals surface area contributed by atoms with E-state index in [1.165, 1.54) is 16.7 Å². The van der Waals surface area contributed by atoms with Crippen LogP contribution in [0.2, 0.25) is 0 Å². The molecule has 0 unspecified atom stereocenters. The van der Waals surface area contributed by atoms with Crippen molar-refractivity contribution in [1.29, 1.82) is 0 Å². The van der Waals surface area contributed by atoms with Gasteiger partial charge in [-0.2, -0.15) is 0 Å². The predicted octanol–water partition coefficient (Wildman–Crippen LogP) is 1.38. The first-order valence-corrected chi connectivity index (χ1v) is 6.67. The first-order valence-electron chi connectivity index (χ1n) is 5.69. The van der Waals surface area contributed by atoms with Gasteiger partial charge in [0.2, 0.25) is 0 Å². The van der Waals surface area contributed by atoms with E-state index in [0.29, 0.717) is 10.8 Å². The number of halogens is 1. The summed E-state index contributed by atoms with van der Waals surface area (Å²) in [5.41, 5.74) is 1.24. The molecule has 0 atom stereocenters. The molecule has 6 nitrogen and oxygen atoms in total. The van der Waals surface area contributed by atoms with E-state index in [9.17, 15) is 14.3 Å². The SMILES string of the molecule is Cc1ccc(F)cc1-n1c(CO)nnc1SCC(=O)O. The molecule has 2 aromatic rings. The summed E-state index contributed by atoms with van der Waals surface area (Å²) in [7, 11) is 0. The number of thioether (sulfide) groups is 1. The molecule has 8 heteroatoms. The van der Waals surface area contributed by atoms with E-state index in [2.05, 4.69) is 10.2 Å². The molecule has 1 aromatic heterocycles. The Morgan fingerprint density at radius 1 is 1.45 bits per heavy atom. The second-order valence-electron chi connectivity index (χ2n) is 4.01. The quantitative estimate of drug-likeness (QED) is 0.811. The van der Waals surface area contributed by atoms with E-state index < -0.39 is 11.8 Å². The predicted molar refractivity (Wildman–Crippen MR) is 70.3 cm³/mol. The van der Waals surface area contributed by atoms with Gasteiger partial charge >= 0.3 is 5.97 Å². The molecule has 106 valence electrons. The molecule has 0 aliphatic rings. The van der Waals surface area contributed by atoms with Gasteiger partial charge in [-0.05, 0) is 24.6 Å². The maximum Gasteiger partial charge on any atom is 0.313 e.